The van der Waals surface area contributed by atoms with Crippen molar-refractivity contribution in [2.24, 2.45) is 40.7 Å². The molecule has 0 radical (unpaired) electrons. The minimum atomic E-state index is -5.19. The Balaban J connectivity index is 1.60. The van der Waals surface area contributed by atoms with Crippen molar-refractivity contribution in [3.05, 3.63) is 12.2 Å². The molecule has 8 atom stereocenters. The summed E-state index contributed by atoms with van der Waals surface area (Å²) < 4.78 is 39.3. The Bertz CT molecular complexity index is 1090. The van der Waals surface area contributed by atoms with E-state index in [1.165, 1.54) is 25.7 Å². The van der Waals surface area contributed by atoms with Gasteiger partial charge >= 0.3 is 12.1 Å². The highest BCUT2D eigenvalue weighted by Crippen LogP contribution is 2.54. The Morgan fingerprint density at radius 3 is 2.28 bits per heavy atom. The second kappa shape index (κ2) is 10.1. The van der Waals surface area contributed by atoms with E-state index in [-0.39, 0.29) is 42.5 Å². The van der Waals surface area contributed by atoms with Crippen LogP contribution in [-0.4, -0.2) is 83.9 Å². The average molecular weight is 557 g/mol. The first-order chi connectivity index (χ1) is 18.0. The first-order valence-corrected chi connectivity index (χ1v) is 13.0. The molecule has 5 N–H and O–H groups in total. The molecule has 2 saturated heterocycles. The fourth-order valence-electron chi connectivity index (χ4n) is 6.52. The number of nitrogens with two attached hydrogens (primary N) is 1. The van der Waals surface area contributed by atoms with Crippen LogP contribution >= 0.6 is 0 Å². The van der Waals surface area contributed by atoms with Crippen LogP contribution in [0.5, 0.6) is 0 Å². The number of halogens is 3. The third-order valence-corrected chi connectivity index (χ3v) is 8.34. The zero-order valence-corrected chi connectivity index (χ0v) is 22.2. The zero-order valence-electron chi connectivity index (χ0n) is 22.2. The number of hydrogen-bond acceptors (Lipinski definition) is 6. The van der Waals surface area contributed by atoms with Crippen LogP contribution in [0.15, 0.2) is 12.2 Å². The number of primary amides is 1. The molecule has 216 valence electrons. The number of likely N-dealkylation sites (tertiary alicyclic amines) is 1. The Morgan fingerprint density at radius 1 is 1.10 bits per heavy atom. The van der Waals surface area contributed by atoms with Crippen molar-refractivity contribution in [2.75, 3.05) is 20.1 Å². The van der Waals surface area contributed by atoms with Crippen molar-refractivity contribution in [3.63, 3.8) is 0 Å². The summed E-state index contributed by atoms with van der Waals surface area (Å²) in [6.07, 6.45) is -0.438. The topological polar surface area (TPSA) is 154 Å². The number of carbonyl (C=O) groups is 5. The number of rotatable bonds is 7. The fourth-order valence-corrected chi connectivity index (χ4v) is 6.52. The molecule has 2 bridgehead atoms. The van der Waals surface area contributed by atoms with Gasteiger partial charge in [0.1, 0.15) is 18.1 Å². The molecule has 4 rings (SSSR count). The molecule has 0 spiro atoms. The van der Waals surface area contributed by atoms with Crippen LogP contribution in [-0.2, 0) is 24.0 Å². The number of allylic oxidation sites excluding steroid dienone is 2. The third kappa shape index (κ3) is 5.61. The van der Waals surface area contributed by atoms with E-state index in [2.05, 4.69) is 10.7 Å². The van der Waals surface area contributed by atoms with Crippen LogP contribution in [0.1, 0.15) is 33.6 Å². The number of nitrogens with zero attached hydrogens (tertiary/aromatic N) is 2. The zero-order chi connectivity index (χ0) is 29.0. The smallest absolute Gasteiger partial charge is 0.368 e. The molecule has 2 heterocycles. The van der Waals surface area contributed by atoms with Gasteiger partial charge in [-0.3, -0.25) is 29.4 Å². The van der Waals surface area contributed by atoms with Crippen molar-refractivity contribution >= 4 is 29.5 Å². The van der Waals surface area contributed by atoms with Crippen LogP contribution in [0.3, 0.4) is 0 Å². The number of fused-ring (bicyclic) bond motifs is 5. The third-order valence-electron chi connectivity index (χ3n) is 8.34. The van der Waals surface area contributed by atoms with Crippen molar-refractivity contribution in [3.8, 4) is 0 Å². The molecular formula is C25H35F3N6O5. The van der Waals surface area contributed by atoms with Crippen LogP contribution < -0.4 is 21.8 Å². The molecule has 4 aliphatic rings. The minimum Gasteiger partial charge on any atom is -0.368 e. The van der Waals surface area contributed by atoms with Crippen LogP contribution in [0.4, 0.5) is 13.2 Å². The van der Waals surface area contributed by atoms with E-state index < -0.39 is 59.3 Å². The molecular weight excluding hydrogens is 521 g/mol. The van der Waals surface area contributed by atoms with E-state index in [0.29, 0.717) is 6.54 Å². The van der Waals surface area contributed by atoms with Crippen molar-refractivity contribution in [1.29, 1.82) is 0 Å². The molecule has 39 heavy (non-hydrogen) atoms. The molecule has 0 aromatic rings. The predicted octanol–water partition coefficient (Wildman–Crippen LogP) is -0.318. The van der Waals surface area contributed by atoms with E-state index in [1.807, 2.05) is 17.5 Å². The highest BCUT2D eigenvalue weighted by Gasteiger charge is 2.59. The highest BCUT2D eigenvalue weighted by atomic mass is 19.4. The van der Waals surface area contributed by atoms with E-state index in [4.69, 9.17) is 5.73 Å². The molecule has 0 aromatic carbocycles. The lowest BCUT2D eigenvalue weighted by Crippen LogP contribution is -2.61. The number of hydrogen-bond donors (Lipinski definition) is 4. The lowest BCUT2D eigenvalue weighted by molar-refractivity contribution is -0.176. The van der Waals surface area contributed by atoms with Gasteiger partial charge in [-0.25, -0.2) is 5.01 Å². The van der Waals surface area contributed by atoms with Crippen molar-refractivity contribution in [1.82, 2.24) is 26.0 Å². The number of hydrazine groups is 1. The highest BCUT2D eigenvalue weighted by molar-refractivity contribution is 5.96. The van der Waals surface area contributed by atoms with Gasteiger partial charge in [0.2, 0.25) is 23.6 Å². The molecule has 5 amide bonds. The second-order valence-corrected chi connectivity index (χ2v) is 12.1. The summed E-state index contributed by atoms with van der Waals surface area (Å²) in [6.45, 7) is 5.00. The maximum absolute atomic E-state index is 13.8. The van der Waals surface area contributed by atoms with Gasteiger partial charge in [0.05, 0.1) is 5.92 Å². The van der Waals surface area contributed by atoms with E-state index >= 15 is 0 Å². The molecule has 1 saturated carbocycles. The van der Waals surface area contributed by atoms with Gasteiger partial charge in [-0.15, -0.1) is 0 Å². The molecule has 0 aromatic heterocycles. The summed E-state index contributed by atoms with van der Waals surface area (Å²) in [6, 6.07) is -3.85. The lowest BCUT2D eigenvalue weighted by Gasteiger charge is -2.37. The Morgan fingerprint density at radius 2 is 1.74 bits per heavy atom. The van der Waals surface area contributed by atoms with E-state index in [9.17, 15) is 37.1 Å². The summed E-state index contributed by atoms with van der Waals surface area (Å²) >= 11 is 0. The number of nitrogens with one attached hydrogen (secondary N) is 3. The van der Waals surface area contributed by atoms with Gasteiger partial charge in [0.25, 0.3) is 0 Å². The SMILES string of the molecule is CN1CC(C[C@H](NC(=O)[C@@H]2[C@@H]3[C@H](CN2C(=O)[C@@H](NC(=O)C(F)(F)F)C(C)(C)C)[C@@H]2C=C[C@H]3C2)C(N)=O)C(=O)N1. The average Bonchev–Trinajstić information content (AvgIpc) is 3.56. The van der Waals surface area contributed by atoms with Gasteiger partial charge in [0.15, 0.2) is 0 Å². The van der Waals surface area contributed by atoms with Crippen molar-refractivity contribution < 1.29 is 37.1 Å². The Labute approximate surface area is 224 Å². The summed E-state index contributed by atoms with van der Waals surface area (Å²) in [5, 5.41) is 6.00. The quantitative estimate of drug-likeness (QED) is 0.315. The summed E-state index contributed by atoms with van der Waals surface area (Å²) in [4.78, 5) is 65.1. The van der Waals surface area contributed by atoms with Crippen LogP contribution in [0, 0.1) is 35.0 Å². The maximum Gasteiger partial charge on any atom is 0.471 e. The molecule has 11 nitrogen and oxygen atoms in total. The molecule has 14 heteroatoms. The monoisotopic (exact) mass is 556 g/mol. The van der Waals surface area contributed by atoms with Gasteiger partial charge < -0.3 is 21.3 Å². The molecule has 3 fully saturated rings. The lowest BCUT2D eigenvalue weighted by atomic mass is 9.81. The van der Waals surface area contributed by atoms with Gasteiger partial charge in [-0.05, 0) is 41.9 Å². The molecule has 2 aliphatic carbocycles. The predicted molar refractivity (Wildman–Crippen MR) is 131 cm³/mol. The normalized spacial score (nSPS) is 31.6. The Hall–Kier alpha value is -3.16. The van der Waals surface area contributed by atoms with Gasteiger partial charge in [-0.1, -0.05) is 32.9 Å². The first-order valence-electron chi connectivity index (χ1n) is 13.0. The molecule has 1 unspecified atom stereocenters. The minimum absolute atomic E-state index is 0.0207. The molecule has 2 aliphatic heterocycles. The first kappa shape index (κ1) is 28.8. The van der Waals surface area contributed by atoms with Crippen LogP contribution in [0.2, 0.25) is 0 Å². The second-order valence-electron chi connectivity index (χ2n) is 12.1. The number of amides is 5. The maximum atomic E-state index is 13.8. The summed E-state index contributed by atoms with van der Waals surface area (Å²) in [5.74, 6) is -5.80. The van der Waals surface area contributed by atoms with E-state index in [0.717, 1.165) is 6.42 Å². The number of alkyl halides is 3. The summed E-state index contributed by atoms with van der Waals surface area (Å²) in [7, 11) is 1.66. The van der Waals surface area contributed by atoms with E-state index in [1.54, 1.807) is 12.1 Å². The van der Waals surface area contributed by atoms with Crippen molar-refractivity contribution in [2.45, 2.75) is 57.9 Å². The fraction of sp³-hybridized carbons (Fsp3) is 0.720. The standard InChI is InChI=1S/C25H35F3N6O5/c1-24(2,3)18(31-23(39)25(26,27)28)22(38)34-10-14-11-5-6-12(7-11)16(14)17(34)21(37)30-15(19(29)35)8-13-9-33(4)32-20(13)36/h5-6,11-18H,7-10H2,1-4H3,(H2,29,35)(H,30,37)(H,31,39)(H,32,36)/t11-,12+,13?,14-,15+,16+,17+,18-/m1/s1. The van der Waals surface area contributed by atoms with Gasteiger partial charge in [0, 0.05) is 20.1 Å². The largest absolute Gasteiger partial charge is 0.471 e. The number of carbonyl (C=O) groups excluding carboxylic acids is 5. The van der Waals surface area contributed by atoms with Crippen LogP contribution in [0.25, 0.3) is 0 Å². The van der Waals surface area contributed by atoms with Gasteiger partial charge in [-0.2, -0.15) is 13.2 Å². The Kier molecular flexibility index (Phi) is 7.47. The summed E-state index contributed by atoms with van der Waals surface area (Å²) in [5.41, 5.74) is 7.05.